The average Bonchev–Trinajstić information content (AvgIpc) is 4.07. The number of benzene rings is 2. The number of nitrogens with one attached hydrogen (secondary N) is 3. The second-order valence-electron chi connectivity index (χ2n) is 13.4. The summed E-state index contributed by atoms with van der Waals surface area (Å²) < 4.78 is 6.26. The van der Waals surface area contributed by atoms with Gasteiger partial charge in [0.1, 0.15) is 24.1 Å². The number of aromatic nitrogens is 1. The van der Waals surface area contributed by atoms with E-state index in [0.717, 1.165) is 72.4 Å². The molecule has 266 valence electrons. The number of hydrogen-bond acceptors (Lipinski definition) is 9. The SMILES string of the molecule is C[C@@H](CCCCNC(=O)NC[C@H](O)[C@@H](O)[C@H](O)[C@H](O)CO)c1ccc(Cl)c(CNC2(c3cnccc3-c3ccccc3OC3CC3)CC2)c1. The molecule has 0 unspecified atom stereocenters. The number of urea groups is 1. The number of aliphatic hydroxyl groups is 5. The van der Waals surface area contributed by atoms with E-state index in [1.165, 1.54) is 11.1 Å². The minimum absolute atomic E-state index is 0.178. The Morgan fingerprint density at radius 1 is 1.00 bits per heavy atom. The maximum atomic E-state index is 12.1. The highest BCUT2D eigenvalue weighted by Crippen LogP contribution is 2.50. The van der Waals surface area contributed by atoms with E-state index in [1.54, 1.807) is 0 Å². The van der Waals surface area contributed by atoms with Gasteiger partial charge in [-0.05, 0) is 84.9 Å². The van der Waals surface area contributed by atoms with Crippen molar-refractivity contribution in [2.45, 2.75) is 100 Å². The summed E-state index contributed by atoms with van der Waals surface area (Å²) in [7, 11) is 0. The first kappa shape index (κ1) is 37.0. The smallest absolute Gasteiger partial charge is 0.314 e. The van der Waals surface area contributed by atoms with Crippen LogP contribution < -0.4 is 20.7 Å². The van der Waals surface area contributed by atoms with Crippen LogP contribution in [0.25, 0.3) is 11.1 Å². The number of hydrogen-bond donors (Lipinski definition) is 8. The lowest BCUT2D eigenvalue weighted by molar-refractivity contribution is -0.113. The molecular weight excluding hydrogens is 648 g/mol. The second kappa shape index (κ2) is 17.1. The quantitative estimate of drug-likeness (QED) is 0.0869. The molecule has 1 heterocycles. The number of rotatable bonds is 19. The molecule has 2 amide bonds. The lowest BCUT2D eigenvalue weighted by Crippen LogP contribution is -2.50. The molecule has 0 spiro atoms. The fourth-order valence-corrected chi connectivity index (χ4v) is 6.21. The van der Waals surface area contributed by atoms with Crippen LogP contribution in [0.1, 0.15) is 74.5 Å². The van der Waals surface area contributed by atoms with Gasteiger partial charge in [0.25, 0.3) is 0 Å². The predicted octanol–water partition coefficient (Wildman–Crippen LogP) is 3.73. The van der Waals surface area contributed by atoms with E-state index in [0.29, 0.717) is 19.2 Å². The Kier molecular flexibility index (Phi) is 12.9. The van der Waals surface area contributed by atoms with Crippen molar-refractivity contribution >= 4 is 17.6 Å². The summed E-state index contributed by atoms with van der Waals surface area (Å²) in [5.74, 6) is 1.20. The van der Waals surface area contributed by atoms with Crippen LogP contribution >= 0.6 is 11.6 Å². The highest BCUT2D eigenvalue weighted by Gasteiger charge is 2.46. The van der Waals surface area contributed by atoms with Crippen molar-refractivity contribution in [2.24, 2.45) is 0 Å². The van der Waals surface area contributed by atoms with E-state index in [-0.39, 0.29) is 18.0 Å². The minimum atomic E-state index is -1.74. The molecule has 11 nitrogen and oxygen atoms in total. The number of aliphatic hydroxyl groups excluding tert-OH is 5. The molecule has 2 aliphatic rings. The maximum Gasteiger partial charge on any atom is 0.314 e. The van der Waals surface area contributed by atoms with Gasteiger partial charge in [0, 0.05) is 48.2 Å². The van der Waals surface area contributed by atoms with Crippen molar-refractivity contribution < 1.29 is 35.1 Å². The van der Waals surface area contributed by atoms with Gasteiger partial charge < -0.3 is 46.2 Å². The molecule has 3 aromatic rings. The molecular formula is C37H49ClN4O7. The van der Waals surface area contributed by atoms with Gasteiger partial charge in [0.2, 0.25) is 0 Å². The van der Waals surface area contributed by atoms with Crippen LogP contribution in [0, 0.1) is 0 Å². The first-order valence-electron chi connectivity index (χ1n) is 17.2. The van der Waals surface area contributed by atoms with Crippen LogP contribution in [0.5, 0.6) is 5.75 Å². The van der Waals surface area contributed by atoms with Crippen LogP contribution in [0.15, 0.2) is 60.9 Å². The van der Waals surface area contributed by atoms with Crippen molar-refractivity contribution in [3.8, 4) is 16.9 Å². The van der Waals surface area contributed by atoms with E-state index in [2.05, 4.69) is 64.3 Å². The highest BCUT2D eigenvalue weighted by atomic mass is 35.5. The minimum Gasteiger partial charge on any atom is -0.490 e. The zero-order valence-electron chi connectivity index (χ0n) is 27.9. The largest absolute Gasteiger partial charge is 0.490 e. The lowest BCUT2D eigenvalue weighted by atomic mass is 9.93. The lowest BCUT2D eigenvalue weighted by Gasteiger charge is -2.25. The van der Waals surface area contributed by atoms with Crippen molar-refractivity contribution in [3.05, 3.63) is 82.6 Å². The van der Waals surface area contributed by atoms with Gasteiger partial charge in [-0.25, -0.2) is 4.79 Å². The van der Waals surface area contributed by atoms with Gasteiger partial charge in [-0.3, -0.25) is 4.98 Å². The number of halogens is 1. The van der Waals surface area contributed by atoms with E-state index < -0.39 is 37.1 Å². The molecule has 5 atom stereocenters. The van der Waals surface area contributed by atoms with Crippen LogP contribution in [0.3, 0.4) is 0 Å². The van der Waals surface area contributed by atoms with Gasteiger partial charge >= 0.3 is 6.03 Å². The zero-order chi connectivity index (χ0) is 35.0. The van der Waals surface area contributed by atoms with Gasteiger partial charge in [-0.2, -0.15) is 0 Å². The topological polar surface area (TPSA) is 176 Å². The first-order valence-corrected chi connectivity index (χ1v) is 17.6. The Balaban J connectivity index is 1.09. The van der Waals surface area contributed by atoms with E-state index in [9.17, 15) is 25.2 Å². The zero-order valence-corrected chi connectivity index (χ0v) is 28.6. The predicted molar refractivity (Wildman–Crippen MR) is 187 cm³/mol. The second-order valence-corrected chi connectivity index (χ2v) is 13.8. The van der Waals surface area contributed by atoms with Gasteiger partial charge in [-0.1, -0.05) is 55.3 Å². The Labute approximate surface area is 292 Å². The number of para-hydroxylation sites is 1. The molecule has 2 aromatic carbocycles. The summed E-state index contributed by atoms with van der Waals surface area (Å²) in [5.41, 5.74) is 5.48. The molecule has 2 saturated carbocycles. The number of carbonyl (C=O) groups is 1. The van der Waals surface area contributed by atoms with Crippen molar-refractivity contribution in [3.63, 3.8) is 0 Å². The fourth-order valence-electron chi connectivity index (χ4n) is 6.02. The van der Waals surface area contributed by atoms with Crippen molar-refractivity contribution in [1.82, 2.24) is 20.9 Å². The van der Waals surface area contributed by atoms with E-state index in [4.69, 9.17) is 21.4 Å². The third-order valence-electron chi connectivity index (χ3n) is 9.48. The van der Waals surface area contributed by atoms with Crippen molar-refractivity contribution in [2.75, 3.05) is 19.7 Å². The van der Waals surface area contributed by atoms with Crippen molar-refractivity contribution in [1.29, 1.82) is 0 Å². The number of pyridine rings is 1. The molecule has 2 fully saturated rings. The Hall–Kier alpha value is -3.29. The third kappa shape index (κ3) is 9.91. The molecule has 12 heteroatoms. The molecule has 0 radical (unpaired) electrons. The molecule has 2 aliphatic carbocycles. The van der Waals surface area contributed by atoms with Gasteiger partial charge in [0.15, 0.2) is 0 Å². The third-order valence-corrected chi connectivity index (χ3v) is 9.85. The Morgan fingerprint density at radius 3 is 2.49 bits per heavy atom. The number of unbranched alkanes of at least 4 members (excludes halogenated alkanes) is 1. The molecule has 0 aliphatic heterocycles. The Bertz CT molecular complexity index is 1540. The number of amides is 2. The van der Waals surface area contributed by atoms with Crippen LogP contribution in [-0.4, -0.2) is 86.8 Å². The first-order chi connectivity index (χ1) is 23.6. The number of carbonyl (C=O) groups excluding carboxylic acids is 1. The summed E-state index contributed by atoms with van der Waals surface area (Å²) in [6, 6.07) is 16.0. The van der Waals surface area contributed by atoms with E-state index >= 15 is 0 Å². The molecule has 49 heavy (non-hydrogen) atoms. The summed E-state index contributed by atoms with van der Waals surface area (Å²) in [4.78, 5) is 16.6. The molecule has 5 rings (SSSR count). The number of nitrogens with zero attached hydrogens (tertiary/aromatic N) is 1. The normalized spacial score (nSPS) is 18.2. The van der Waals surface area contributed by atoms with Gasteiger partial charge in [-0.15, -0.1) is 0 Å². The summed E-state index contributed by atoms with van der Waals surface area (Å²) >= 11 is 6.69. The van der Waals surface area contributed by atoms with Crippen LogP contribution in [0.2, 0.25) is 5.02 Å². The van der Waals surface area contributed by atoms with Crippen LogP contribution in [0.4, 0.5) is 4.79 Å². The fraction of sp³-hybridized carbons (Fsp3) is 0.514. The summed E-state index contributed by atoms with van der Waals surface area (Å²) in [6.07, 6.45) is 4.33. The highest BCUT2D eigenvalue weighted by molar-refractivity contribution is 6.31. The maximum absolute atomic E-state index is 12.1. The average molecular weight is 697 g/mol. The Morgan fingerprint density at radius 2 is 1.76 bits per heavy atom. The summed E-state index contributed by atoms with van der Waals surface area (Å²) in [6.45, 7) is 2.13. The summed E-state index contributed by atoms with van der Waals surface area (Å²) in [5, 5.41) is 57.5. The van der Waals surface area contributed by atoms with E-state index in [1.807, 2.05) is 24.5 Å². The molecule has 0 bridgehead atoms. The van der Waals surface area contributed by atoms with Crippen LogP contribution in [-0.2, 0) is 12.1 Å². The molecule has 1 aromatic heterocycles. The molecule has 8 N–H and O–H groups in total. The monoisotopic (exact) mass is 696 g/mol. The van der Waals surface area contributed by atoms with Gasteiger partial charge in [0.05, 0.1) is 18.8 Å². The molecule has 0 saturated heterocycles. The standard InChI is InChI=1S/C37H49ClN4O7/c1-23(6-4-5-16-40-36(48)41-21-31(44)34(46)35(47)32(45)22-43)24-9-12-30(38)25(18-24)19-42-37(14-15-37)29-20-39-17-13-27(29)28-7-2-3-8-33(28)49-26-10-11-26/h2-3,7-9,12-13,17-18,20,23,26,31-32,34-35,42-47H,4-6,10-11,14-16,19,21-22H2,1H3,(H2,40,41,48)/t23-,31-,32+,34+,35+/m0/s1. The number of ether oxygens (including phenoxy) is 1.